The number of para-hydroxylation sites is 1. The van der Waals surface area contributed by atoms with Crippen LogP contribution in [0.5, 0.6) is 11.5 Å². The lowest BCUT2D eigenvalue weighted by Crippen LogP contribution is -2.45. The van der Waals surface area contributed by atoms with Gasteiger partial charge in [0.2, 0.25) is 0 Å². The number of carbonyl (C=O) groups excluding carboxylic acids is 2. The summed E-state index contributed by atoms with van der Waals surface area (Å²) in [6, 6.07) is 16.1. The average Bonchev–Trinajstić information content (AvgIpc) is 2.99. The smallest absolute Gasteiger partial charge is 0.338 e. The predicted octanol–water partition coefficient (Wildman–Crippen LogP) is 5.43. The quantitative estimate of drug-likeness (QED) is 0.0540. The Balaban J connectivity index is 1.36. The molecule has 1 amide bonds. The first-order valence-electron chi connectivity index (χ1n) is 13.4. The second-order valence-corrected chi connectivity index (χ2v) is 11.9. The normalized spacial score (nSPS) is 14.4. The number of esters is 1. The topological polar surface area (TPSA) is 153 Å². The third-order valence-corrected chi connectivity index (χ3v) is 7.92. The Morgan fingerprint density at radius 2 is 1.91 bits per heavy atom. The summed E-state index contributed by atoms with van der Waals surface area (Å²) in [6.07, 6.45) is 1.48. The standard InChI is InChI=1S/C30H27BrIN5O7S/c1-3-42-29(39)26-17(2)34-30(45)35-27(26)21-6-4-5-7-24(21)43-16-25(38)36-33-14-19-12-22(31)28(23(32)13-19)44-15-18-8-10-20(11-9-18)37(40)41/h4-14,27H,3,15-16H2,1-2H3,(H,36,38)(H2,34,35,45)/t27-/m1/s1. The van der Waals surface area contributed by atoms with Crippen LogP contribution in [0.25, 0.3) is 0 Å². The predicted molar refractivity (Wildman–Crippen MR) is 183 cm³/mol. The number of hydrogen-bond acceptors (Lipinski definition) is 9. The molecule has 3 aromatic rings. The molecule has 3 N–H and O–H groups in total. The molecular weight excluding hydrogens is 781 g/mol. The van der Waals surface area contributed by atoms with Crippen LogP contribution < -0.4 is 25.5 Å². The fraction of sp³-hybridized carbons (Fsp3) is 0.200. The van der Waals surface area contributed by atoms with Gasteiger partial charge in [-0.2, -0.15) is 5.10 Å². The lowest BCUT2D eigenvalue weighted by Gasteiger charge is -2.30. The van der Waals surface area contributed by atoms with E-state index < -0.39 is 22.8 Å². The highest BCUT2D eigenvalue weighted by Gasteiger charge is 2.32. The Morgan fingerprint density at radius 1 is 1.18 bits per heavy atom. The maximum absolute atomic E-state index is 12.7. The molecule has 0 unspecified atom stereocenters. The molecule has 0 saturated heterocycles. The monoisotopic (exact) mass is 807 g/mol. The number of nitrogens with one attached hydrogen (secondary N) is 3. The summed E-state index contributed by atoms with van der Waals surface area (Å²) < 4.78 is 18.5. The van der Waals surface area contributed by atoms with E-state index >= 15 is 0 Å². The second-order valence-electron chi connectivity index (χ2n) is 9.44. The highest BCUT2D eigenvalue weighted by Crippen LogP contribution is 2.34. The summed E-state index contributed by atoms with van der Waals surface area (Å²) in [6.45, 7) is 3.57. The van der Waals surface area contributed by atoms with Crippen molar-refractivity contribution in [2.45, 2.75) is 26.5 Å². The van der Waals surface area contributed by atoms with Crippen molar-refractivity contribution >= 4 is 79.6 Å². The largest absolute Gasteiger partial charge is 0.487 e. The van der Waals surface area contributed by atoms with Crippen molar-refractivity contribution in [2.75, 3.05) is 13.2 Å². The molecule has 45 heavy (non-hydrogen) atoms. The van der Waals surface area contributed by atoms with Gasteiger partial charge in [0.15, 0.2) is 11.7 Å². The Morgan fingerprint density at radius 3 is 2.60 bits per heavy atom. The zero-order valence-corrected chi connectivity index (χ0v) is 28.5. The van der Waals surface area contributed by atoms with E-state index in [0.29, 0.717) is 43.5 Å². The summed E-state index contributed by atoms with van der Waals surface area (Å²) in [4.78, 5) is 35.7. The first kappa shape index (κ1) is 33.8. The van der Waals surface area contributed by atoms with Gasteiger partial charge < -0.3 is 24.8 Å². The number of nitro groups is 1. The number of ether oxygens (including phenoxy) is 3. The number of allylic oxidation sites excluding steroid dienone is 1. The highest BCUT2D eigenvalue weighted by molar-refractivity contribution is 14.1. The number of non-ortho nitro benzene ring substituents is 1. The van der Waals surface area contributed by atoms with Crippen LogP contribution in [0.4, 0.5) is 5.69 Å². The molecule has 12 nitrogen and oxygen atoms in total. The van der Waals surface area contributed by atoms with Crippen molar-refractivity contribution in [3.05, 3.63) is 107 Å². The minimum atomic E-state index is -0.642. The van der Waals surface area contributed by atoms with Gasteiger partial charge in [0.1, 0.15) is 18.1 Å². The van der Waals surface area contributed by atoms with E-state index in [0.717, 1.165) is 9.13 Å². The number of hydrogen-bond donors (Lipinski definition) is 3. The van der Waals surface area contributed by atoms with Crippen LogP contribution in [0.2, 0.25) is 0 Å². The van der Waals surface area contributed by atoms with Crippen LogP contribution in [0, 0.1) is 13.7 Å². The molecule has 234 valence electrons. The SMILES string of the molecule is CCOC(=O)C1=C(C)NC(=S)N[C@@H]1c1ccccc1OCC(=O)NN=Cc1cc(Br)c(OCc2ccc([N+](=O)[O-])cc2)c(I)c1. The number of carbonyl (C=O) groups is 2. The second kappa shape index (κ2) is 15.8. The van der Waals surface area contributed by atoms with Crippen molar-refractivity contribution in [3.63, 3.8) is 0 Å². The van der Waals surface area contributed by atoms with Gasteiger partial charge in [0.25, 0.3) is 11.6 Å². The summed E-state index contributed by atoms with van der Waals surface area (Å²) >= 11 is 10.9. The highest BCUT2D eigenvalue weighted by atomic mass is 127. The van der Waals surface area contributed by atoms with Crippen LogP contribution >= 0.6 is 50.7 Å². The van der Waals surface area contributed by atoms with E-state index in [1.165, 1.54) is 18.3 Å². The molecule has 0 bridgehead atoms. The maximum Gasteiger partial charge on any atom is 0.338 e. The van der Waals surface area contributed by atoms with E-state index in [-0.39, 0.29) is 25.5 Å². The molecule has 4 rings (SSSR count). The third-order valence-electron chi connectivity index (χ3n) is 6.31. The van der Waals surface area contributed by atoms with Gasteiger partial charge in [-0.15, -0.1) is 0 Å². The molecule has 0 aliphatic carbocycles. The number of amides is 1. The molecule has 0 aromatic heterocycles. The maximum atomic E-state index is 12.7. The van der Waals surface area contributed by atoms with Crippen LogP contribution in [0.15, 0.2) is 81.5 Å². The molecule has 0 fully saturated rings. The third kappa shape index (κ3) is 8.98. The number of rotatable bonds is 12. The molecule has 0 saturated carbocycles. The van der Waals surface area contributed by atoms with Gasteiger partial charge in [-0.05, 0) is 106 Å². The van der Waals surface area contributed by atoms with Gasteiger partial charge in [0, 0.05) is 23.4 Å². The number of hydrazone groups is 1. The summed E-state index contributed by atoms with van der Waals surface area (Å²) in [5.74, 6) is -0.00246. The number of nitrogens with zero attached hydrogens (tertiary/aromatic N) is 2. The summed E-state index contributed by atoms with van der Waals surface area (Å²) in [5, 5.41) is 21.3. The molecule has 0 radical (unpaired) electrons. The zero-order valence-electron chi connectivity index (χ0n) is 24.0. The van der Waals surface area contributed by atoms with Gasteiger partial charge in [-0.25, -0.2) is 10.2 Å². The van der Waals surface area contributed by atoms with Crippen LogP contribution in [-0.2, 0) is 20.9 Å². The van der Waals surface area contributed by atoms with Gasteiger partial charge in [-0.3, -0.25) is 14.9 Å². The number of thiocarbonyl (C=S) groups is 1. The Bertz CT molecular complexity index is 1660. The van der Waals surface area contributed by atoms with E-state index in [1.54, 1.807) is 56.3 Å². The van der Waals surface area contributed by atoms with Crippen LogP contribution in [0.3, 0.4) is 0 Å². The molecule has 1 atom stereocenters. The van der Waals surface area contributed by atoms with Gasteiger partial charge >= 0.3 is 5.97 Å². The fourth-order valence-corrected chi connectivity index (χ4v) is 6.31. The van der Waals surface area contributed by atoms with Crippen molar-refractivity contribution in [3.8, 4) is 11.5 Å². The molecular formula is C30H27BrIN5O7S. The number of halogens is 2. The van der Waals surface area contributed by atoms with E-state index in [2.05, 4.69) is 59.7 Å². The Kier molecular flexibility index (Phi) is 11.8. The van der Waals surface area contributed by atoms with Gasteiger partial charge in [-0.1, -0.05) is 18.2 Å². The average molecular weight is 808 g/mol. The van der Waals surface area contributed by atoms with Crippen molar-refractivity contribution in [2.24, 2.45) is 5.10 Å². The van der Waals surface area contributed by atoms with Crippen molar-refractivity contribution < 1.29 is 28.7 Å². The Labute approximate surface area is 286 Å². The fourth-order valence-electron chi connectivity index (χ4n) is 4.27. The van der Waals surface area contributed by atoms with E-state index in [4.69, 9.17) is 26.4 Å². The van der Waals surface area contributed by atoms with E-state index in [9.17, 15) is 19.7 Å². The first-order valence-corrected chi connectivity index (χ1v) is 15.7. The molecule has 3 aromatic carbocycles. The minimum Gasteiger partial charge on any atom is -0.487 e. The van der Waals surface area contributed by atoms with Crippen LogP contribution in [-0.4, -0.2) is 41.3 Å². The van der Waals surface area contributed by atoms with Gasteiger partial charge in [0.05, 0.1) is 37.4 Å². The first-order chi connectivity index (χ1) is 21.6. The van der Waals surface area contributed by atoms with Crippen LogP contribution in [0.1, 0.15) is 36.6 Å². The zero-order chi connectivity index (χ0) is 32.5. The van der Waals surface area contributed by atoms with E-state index in [1.807, 2.05) is 6.07 Å². The Hall–Kier alpha value is -4.09. The molecule has 1 aliphatic rings. The molecule has 0 spiro atoms. The molecule has 1 aliphatic heterocycles. The van der Waals surface area contributed by atoms with Crippen molar-refractivity contribution in [1.82, 2.24) is 16.1 Å². The number of nitro benzene ring substituents is 1. The summed E-state index contributed by atoms with van der Waals surface area (Å²) in [7, 11) is 0. The lowest BCUT2D eigenvalue weighted by atomic mass is 9.95. The van der Waals surface area contributed by atoms with Crippen molar-refractivity contribution in [1.29, 1.82) is 0 Å². The summed E-state index contributed by atoms with van der Waals surface area (Å²) in [5.41, 5.74) is 5.47. The minimum absolute atomic E-state index is 0.0124. The molecule has 1 heterocycles. The molecule has 15 heteroatoms. The number of benzene rings is 3. The lowest BCUT2D eigenvalue weighted by molar-refractivity contribution is -0.384.